The Morgan fingerprint density at radius 3 is 2.50 bits per heavy atom. The molecule has 3 unspecified atom stereocenters. The lowest BCUT2D eigenvalue weighted by Gasteiger charge is -2.34. The smallest absolute Gasteiger partial charge is 0.00696 e. The molecule has 0 aliphatic rings. The number of benzene rings is 1. The van der Waals surface area contributed by atoms with Crippen molar-refractivity contribution in [2.24, 2.45) is 17.3 Å². The number of hydrogen-bond donors (Lipinski definition) is 1. The minimum absolute atomic E-state index is 0.410. The van der Waals surface area contributed by atoms with Gasteiger partial charge in [-0.05, 0) is 98.0 Å². The van der Waals surface area contributed by atoms with Crippen molar-refractivity contribution in [2.45, 2.75) is 97.8 Å². The highest BCUT2D eigenvalue weighted by molar-refractivity contribution is 7.80. The van der Waals surface area contributed by atoms with E-state index in [-0.39, 0.29) is 0 Å². The molecule has 0 aliphatic heterocycles. The van der Waals surface area contributed by atoms with Crippen LogP contribution in [0.1, 0.15) is 97.1 Å². The molecule has 0 amide bonds. The Balaban J connectivity index is 2.74. The SMILES string of the molecule is C=C/C=C\C(=C/C)C(C)CC(CC)CC(C)(CCC)CCCC(=C)c1ccc(S)c(C)c1. The second-order valence-corrected chi connectivity index (χ2v) is 10.5. The van der Waals surface area contributed by atoms with Gasteiger partial charge in [0.15, 0.2) is 0 Å². The van der Waals surface area contributed by atoms with E-state index in [0.29, 0.717) is 11.3 Å². The summed E-state index contributed by atoms with van der Waals surface area (Å²) >= 11 is 4.50. The molecular weight excluding hydrogens is 404 g/mol. The molecule has 1 rings (SSSR count). The van der Waals surface area contributed by atoms with Gasteiger partial charge in [0.25, 0.3) is 0 Å². The minimum atomic E-state index is 0.410. The monoisotopic (exact) mass is 452 g/mol. The highest BCUT2D eigenvalue weighted by Crippen LogP contribution is 2.40. The Bertz CT molecular complexity index is 782. The molecule has 0 radical (unpaired) electrons. The first kappa shape index (κ1) is 28.6. The van der Waals surface area contributed by atoms with Crippen LogP contribution >= 0.6 is 12.6 Å². The molecule has 0 heterocycles. The standard InChI is InChI=1S/C31H48S/c1-9-13-16-28(12-4)25(6)21-27(11-3)23-31(8,19-10-2)20-14-15-24(5)29-17-18-30(32)26(7)22-29/h9,12-13,16-18,22,25,27,32H,1,5,10-11,14-15,19-21,23H2,2-4,6-8H3/b16-13-,28-12+. The molecule has 0 aromatic heterocycles. The third-order valence-electron chi connectivity index (χ3n) is 7.09. The molecule has 0 spiro atoms. The van der Waals surface area contributed by atoms with E-state index in [4.69, 9.17) is 0 Å². The summed E-state index contributed by atoms with van der Waals surface area (Å²) in [6.45, 7) is 22.1. The second kappa shape index (κ2) is 14.6. The maximum Gasteiger partial charge on any atom is 0.00696 e. The molecule has 1 aromatic rings. The zero-order chi connectivity index (χ0) is 24.1. The number of hydrogen-bond acceptors (Lipinski definition) is 1. The van der Waals surface area contributed by atoms with Gasteiger partial charge in [-0.15, -0.1) is 12.6 Å². The maximum atomic E-state index is 4.50. The third-order valence-corrected chi connectivity index (χ3v) is 7.59. The molecule has 0 saturated heterocycles. The van der Waals surface area contributed by atoms with E-state index in [1.807, 2.05) is 6.08 Å². The van der Waals surface area contributed by atoms with E-state index in [1.54, 1.807) is 0 Å². The van der Waals surface area contributed by atoms with E-state index < -0.39 is 0 Å². The van der Waals surface area contributed by atoms with E-state index in [9.17, 15) is 0 Å². The van der Waals surface area contributed by atoms with Gasteiger partial charge in [-0.1, -0.05) is 90.1 Å². The first-order valence-corrected chi connectivity index (χ1v) is 13.1. The van der Waals surface area contributed by atoms with Crippen molar-refractivity contribution in [1.29, 1.82) is 0 Å². The molecular formula is C31H48S. The van der Waals surface area contributed by atoms with Gasteiger partial charge in [0.05, 0.1) is 0 Å². The number of rotatable bonds is 15. The summed E-state index contributed by atoms with van der Waals surface area (Å²) in [5, 5.41) is 0. The summed E-state index contributed by atoms with van der Waals surface area (Å²) in [6, 6.07) is 6.48. The van der Waals surface area contributed by atoms with E-state index in [2.05, 4.69) is 104 Å². The van der Waals surface area contributed by atoms with Crippen LogP contribution in [0.3, 0.4) is 0 Å². The molecule has 0 nitrogen and oxygen atoms in total. The number of aryl methyl sites for hydroxylation is 1. The zero-order valence-electron chi connectivity index (χ0n) is 21.7. The van der Waals surface area contributed by atoms with Crippen molar-refractivity contribution in [3.05, 3.63) is 72.4 Å². The van der Waals surface area contributed by atoms with Crippen molar-refractivity contribution >= 4 is 18.2 Å². The largest absolute Gasteiger partial charge is 0.143 e. The average Bonchev–Trinajstić information content (AvgIpc) is 2.75. The Morgan fingerprint density at radius 1 is 1.22 bits per heavy atom. The predicted molar refractivity (Wildman–Crippen MR) is 150 cm³/mol. The van der Waals surface area contributed by atoms with Gasteiger partial charge in [-0.25, -0.2) is 0 Å². The van der Waals surface area contributed by atoms with Crippen LogP contribution in [0.25, 0.3) is 5.57 Å². The Hall–Kier alpha value is -1.47. The van der Waals surface area contributed by atoms with Crippen LogP contribution in [0.2, 0.25) is 0 Å². The van der Waals surface area contributed by atoms with Crippen LogP contribution in [0, 0.1) is 24.2 Å². The summed E-state index contributed by atoms with van der Waals surface area (Å²) < 4.78 is 0. The summed E-state index contributed by atoms with van der Waals surface area (Å²) in [5.74, 6) is 1.35. The summed E-state index contributed by atoms with van der Waals surface area (Å²) in [6.07, 6.45) is 18.4. The minimum Gasteiger partial charge on any atom is -0.143 e. The van der Waals surface area contributed by atoms with Gasteiger partial charge in [-0.2, -0.15) is 0 Å². The van der Waals surface area contributed by atoms with Crippen LogP contribution in [-0.4, -0.2) is 0 Å². The molecule has 32 heavy (non-hydrogen) atoms. The van der Waals surface area contributed by atoms with Crippen molar-refractivity contribution in [2.75, 3.05) is 0 Å². The van der Waals surface area contributed by atoms with Gasteiger partial charge < -0.3 is 0 Å². The first-order chi connectivity index (χ1) is 15.2. The lowest BCUT2D eigenvalue weighted by molar-refractivity contribution is 0.182. The van der Waals surface area contributed by atoms with Gasteiger partial charge >= 0.3 is 0 Å². The van der Waals surface area contributed by atoms with Gasteiger partial charge in [0, 0.05) is 4.90 Å². The molecule has 0 bridgehead atoms. The van der Waals surface area contributed by atoms with E-state index >= 15 is 0 Å². The fraction of sp³-hybridized carbons (Fsp3) is 0.548. The number of allylic oxidation sites excluding steroid dienone is 6. The summed E-state index contributed by atoms with van der Waals surface area (Å²) in [7, 11) is 0. The second-order valence-electron chi connectivity index (χ2n) is 10.0. The highest BCUT2D eigenvalue weighted by Gasteiger charge is 2.27. The molecule has 0 fully saturated rings. The van der Waals surface area contributed by atoms with Crippen molar-refractivity contribution in [1.82, 2.24) is 0 Å². The molecule has 1 aromatic carbocycles. The molecule has 3 atom stereocenters. The Labute approximate surface area is 205 Å². The van der Waals surface area contributed by atoms with Crippen LogP contribution in [0.5, 0.6) is 0 Å². The lowest BCUT2D eigenvalue weighted by atomic mass is 9.71. The van der Waals surface area contributed by atoms with E-state index in [1.165, 1.54) is 67.2 Å². The van der Waals surface area contributed by atoms with E-state index in [0.717, 1.165) is 17.2 Å². The van der Waals surface area contributed by atoms with Crippen LogP contribution in [0.4, 0.5) is 0 Å². The highest BCUT2D eigenvalue weighted by atomic mass is 32.1. The fourth-order valence-corrected chi connectivity index (χ4v) is 5.27. The normalized spacial score (nSPS) is 16.0. The lowest BCUT2D eigenvalue weighted by Crippen LogP contribution is -2.22. The summed E-state index contributed by atoms with van der Waals surface area (Å²) in [5.41, 5.74) is 5.59. The summed E-state index contributed by atoms with van der Waals surface area (Å²) in [4.78, 5) is 1.05. The molecule has 0 saturated carbocycles. The molecule has 1 heteroatoms. The molecule has 178 valence electrons. The van der Waals surface area contributed by atoms with Crippen molar-refractivity contribution in [3.63, 3.8) is 0 Å². The quantitative estimate of drug-likeness (QED) is 0.198. The third kappa shape index (κ3) is 9.57. The maximum absolute atomic E-state index is 4.50. The van der Waals surface area contributed by atoms with Crippen molar-refractivity contribution < 1.29 is 0 Å². The van der Waals surface area contributed by atoms with Crippen molar-refractivity contribution in [3.8, 4) is 0 Å². The fourth-order valence-electron chi connectivity index (χ4n) is 5.13. The van der Waals surface area contributed by atoms with Crippen LogP contribution < -0.4 is 0 Å². The topological polar surface area (TPSA) is 0 Å². The predicted octanol–water partition coefficient (Wildman–Crippen LogP) is 10.4. The Kier molecular flexibility index (Phi) is 13.1. The van der Waals surface area contributed by atoms with Gasteiger partial charge in [0.1, 0.15) is 0 Å². The molecule has 0 N–H and O–H groups in total. The first-order valence-electron chi connectivity index (χ1n) is 12.6. The van der Waals surface area contributed by atoms with Crippen LogP contribution in [0.15, 0.2) is 66.1 Å². The zero-order valence-corrected chi connectivity index (χ0v) is 22.6. The van der Waals surface area contributed by atoms with Gasteiger partial charge in [-0.3, -0.25) is 0 Å². The molecule has 0 aliphatic carbocycles. The van der Waals surface area contributed by atoms with Crippen LogP contribution in [-0.2, 0) is 0 Å². The Morgan fingerprint density at radius 2 is 1.94 bits per heavy atom. The number of thiol groups is 1. The average molecular weight is 453 g/mol. The van der Waals surface area contributed by atoms with Gasteiger partial charge in [0.2, 0.25) is 0 Å².